The molecule has 6 nitrogen and oxygen atoms in total. The quantitative estimate of drug-likeness (QED) is 0.564. The Kier molecular flexibility index (Phi) is 7.34. The van der Waals surface area contributed by atoms with Gasteiger partial charge in [0.15, 0.2) is 0 Å². The number of nitrogens with zero attached hydrogens (tertiary/aromatic N) is 1. The van der Waals surface area contributed by atoms with Crippen LogP contribution in [0.4, 0.5) is 10.1 Å². The molecule has 0 saturated heterocycles. The van der Waals surface area contributed by atoms with Crippen molar-refractivity contribution in [3.63, 3.8) is 0 Å². The molecule has 0 saturated carbocycles. The molecule has 3 rings (SSSR count). The molecule has 0 atom stereocenters. The molecule has 0 fully saturated rings. The minimum Gasteiger partial charge on any atom is -0.487 e. The zero-order valence-corrected chi connectivity index (χ0v) is 16.7. The van der Waals surface area contributed by atoms with Crippen LogP contribution in [0.5, 0.6) is 5.75 Å². The summed E-state index contributed by atoms with van der Waals surface area (Å²) < 4.78 is 18.7. The van der Waals surface area contributed by atoms with Crippen molar-refractivity contribution < 1.29 is 18.7 Å². The fourth-order valence-corrected chi connectivity index (χ4v) is 2.84. The third-order valence-electron chi connectivity index (χ3n) is 4.04. The summed E-state index contributed by atoms with van der Waals surface area (Å²) in [5.41, 5.74) is 1.52. The first-order valence-electron chi connectivity index (χ1n) is 9.17. The van der Waals surface area contributed by atoms with E-state index >= 15 is 0 Å². The number of carbonyl (C=O) groups is 2. The maximum atomic E-state index is 13.1. The summed E-state index contributed by atoms with van der Waals surface area (Å²) in [7, 11) is 0. The van der Waals surface area contributed by atoms with Crippen molar-refractivity contribution in [2.24, 2.45) is 0 Å². The van der Waals surface area contributed by atoms with Gasteiger partial charge in [-0.1, -0.05) is 23.7 Å². The van der Waals surface area contributed by atoms with Gasteiger partial charge >= 0.3 is 0 Å². The van der Waals surface area contributed by atoms with Gasteiger partial charge in [-0.3, -0.25) is 14.6 Å². The lowest BCUT2D eigenvalue weighted by molar-refractivity contribution is -0.116. The molecule has 0 aliphatic rings. The highest BCUT2D eigenvalue weighted by Crippen LogP contribution is 2.19. The zero-order valence-electron chi connectivity index (χ0n) is 15.9. The first-order valence-corrected chi connectivity index (χ1v) is 9.55. The van der Waals surface area contributed by atoms with E-state index in [1.165, 1.54) is 6.07 Å². The summed E-state index contributed by atoms with van der Waals surface area (Å²) >= 11 is 5.86. The molecule has 2 aromatic carbocycles. The van der Waals surface area contributed by atoms with E-state index in [1.807, 2.05) is 18.2 Å². The first kappa shape index (κ1) is 21.3. The molecule has 0 bridgehead atoms. The fraction of sp³-hybridized carbons (Fsp3) is 0.136. The highest BCUT2D eigenvalue weighted by Gasteiger charge is 2.11. The van der Waals surface area contributed by atoms with Crippen molar-refractivity contribution in [2.75, 3.05) is 11.9 Å². The van der Waals surface area contributed by atoms with Gasteiger partial charge in [-0.2, -0.15) is 0 Å². The maximum absolute atomic E-state index is 13.1. The standard InChI is InChI=1S/C22H19ClFN3O3/c23-20-12-15(24)7-8-19(20)22(29)26-11-9-21(28)27-16-5-3-6-18(13-16)30-14-17-4-1-2-10-25-17/h1-8,10,12-13H,9,11,14H2,(H,26,29)(H,27,28). The lowest BCUT2D eigenvalue weighted by atomic mass is 10.2. The molecule has 3 aromatic rings. The van der Waals surface area contributed by atoms with E-state index < -0.39 is 11.7 Å². The van der Waals surface area contributed by atoms with Gasteiger partial charge in [-0.15, -0.1) is 0 Å². The SMILES string of the molecule is O=C(CCNC(=O)c1ccc(F)cc1Cl)Nc1cccc(OCc2ccccn2)c1. The molecular formula is C22H19ClFN3O3. The second-order valence-electron chi connectivity index (χ2n) is 6.32. The molecule has 2 amide bonds. The Bertz CT molecular complexity index is 1030. The second-order valence-corrected chi connectivity index (χ2v) is 6.72. The maximum Gasteiger partial charge on any atom is 0.252 e. The van der Waals surface area contributed by atoms with Crippen LogP contribution in [-0.4, -0.2) is 23.3 Å². The molecular weight excluding hydrogens is 409 g/mol. The van der Waals surface area contributed by atoms with Crippen LogP contribution in [0.1, 0.15) is 22.5 Å². The predicted octanol–water partition coefficient (Wildman–Crippen LogP) is 4.21. The van der Waals surface area contributed by atoms with Gasteiger partial charge in [0.1, 0.15) is 18.2 Å². The van der Waals surface area contributed by atoms with Crippen LogP contribution in [0.25, 0.3) is 0 Å². The molecule has 8 heteroatoms. The second kappa shape index (κ2) is 10.4. The van der Waals surface area contributed by atoms with Crippen LogP contribution in [0.15, 0.2) is 66.9 Å². The molecule has 0 aliphatic heterocycles. The molecule has 0 spiro atoms. The van der Waals surface area contributed by atoms with Gasteiger partial charge in [0, 0.05) is 30.9 Å². The number of amides is 2. The third kappa shape index (κ3) is 6.28. The lowest BCUT2D eigenvalue weighted by Gasteiger charge is -2.10. The summed E-state index contributed by atoms with van der Waals surface area (Å²) in [6.45, 7) is 0.421. The third-order valence-corrected chi connectivity index (χ3v) is 4.36. The highest BCUT2D eigenvalue weighted by molar-refractivity contribution is 6.33. The number of carbonyl (C=O) groups excluding carboxylic acids is 2. The number of pyridine rings is 1. The molecule has 154 valence electrons. The van der Waals surface area contributed by atoms with E-state index in [-0.39, 0.29) is 29.5 Å². The normalized spacial score (nSPS) is 10.3. The zero-order chi connectivity index (χ0) is 21.3. The minimum absolute atomic E-state index is 0.0134. The number of halogens is 2. The molecule has 30 heavy (non-hydrogen) atoms. The van der Waals surface area contributed by atoms with Gasteiger partial charge in [0.2, 0.25) is 5.91 Å². The number of hydrogen-bond donors (Lipinski definition) is 2. The molecule has 1 heterocycles. The summed E-state index contributed by atoms with van der Waals surface area (Å²) in [6, 6.07) is 16.1. The summed E-state index contributed by atoms with van der Waals surface area (Å²) in [5.74, 6) is -0.681. The van der Waals surface area contributed by atoms with Crippen LogP contribution in [-0.2, 0) is 11.4 Å². The van der Waals surface area contributed by atoms with Crippen LogP contribution in [0.3, 0.4) is 0 Å². The Morgan fingerprint density at radius 2 is 1.93 bits per heavy atom. The van der Waals surface area contributed by atoms with Crippen LogP contribution in [0.2, 0.25) is 5.02 Å². The van der Waals surface area contributed by atoms with Crippen LogP contribution < -0.4 is 15.4 Å². The number of rotatable bonds is 8. The topological polar surface area (TPSA) is 80.3 Å². The van der Waals surface area contributed by atoms with Gasteiger partial charge in [0.05, 0.1) is 16.3 Å². The average Bonchev–Trinajstić information content (AvgIpc) is 2.73. The van der Waals surface area contributed by atoms with E-state index in [1.54, 1.807) is 30.5 Å². The Morgan fingerprint density at radius 3 is 2.70 bits per heavy atom. The van der Waals surface area contributed by atoms with E-state index in [0.29, 0.717) is 18.0 Å². The molecule has 0 radical (unpaired) electrons. The number of benzene rings is 2. The summed E-state index contributed by atoms with van der Waals surface area (Å²) in [4.78, 5) is 28.4. The monoisotopic (exact) mass is 427 g/mol. The van der Waals surface area contributed by atoms with Gasteiger partial charge in [-0.25, -0.2) is 4.39 Å². The highest BCUT2D eigenvalue weighted by atomic mass is 35.5. The lowest BCUT2D eigenvalue weighted by Crippen LogP contribution is -2.27. The van der Waals surface area contributed by atoms with E-state index in [2.05, 4.69) is 15.6 Å². The number of ether oxygens (including phenoxy) is 1. The largest absolute Gasteiger partial charge is 0.487 e. The van der Waals surface area contributed by atoms with E-state index in [0.717, 1.165) is 17.8 Å². The smallest absolute Gasteiger partial charge is 0.252 e. The fourth-order valence-electron chi connectivity index (χ4n) is 2.59. The predicted molar refractivity (Wildman–Crippen MR) is 112 cm³/mol. The molecule has 0 unspecified atom stereocenters. The van der Waals surface area contributed by atoms with E-state index in [9.17, 15) is 14.0 Å². The summed E-state index contributed by atoms with van der Waals surface area (Å²) in [6.07, 6.45) is 1.75. The Hall–Kier alpha value is -3.45. The van der Waals surface area contributed by atoms with E-state index in [4.69, 9.17) is 16.3 Å². The van der Waals surface area contributed by atoms with Crippen molar-refractivity contribution >= 4 is 29.1 Å². The number of nitrogens with one attached hydrogen (secondary N) is 2. The average molecular weight is 428 g/mol. The number of aromatic nitrogens is 1. The first-order chi connectivity index (χ1) is 14.5. The van der Waals surface area contributed by atoms with Crippen molar-refractivity contribution in [2.45, 2.75) is 13.0 Å². The summed E-state index contributed by atoms with van der Waals surface area (Å²) in [5, 5.41) is 5.35. The van der Waals surface area contributed by atoms with Gasteiger partial charge in [-0.05, 0) is 42.5 Å². The number of anilines is 1. The van der Waals surface area contributed by atoms with Crippen LogP contribution in [0, 0.1) is 5.82 Å². The van der Waals surface area contributed by atoms with Crippen LogP contribution >= 0.6 is 11.6 Å². The van der Waals surface area contributed by atoms with Crippen molar-refractivity contribution in [1.29, 1.82) is 0 Å². The number of hydrogen-bond acceptors (Lipinski definition) is 4. The molecule has 2 N–H and O–H groups in total. The van der Waals surface area contributed by atoms with Crippen molar-refractivity contribution in [3.05, 3.63) is 89.0 Å². The Morgan fingerprint density at radius 1 is 1.07 bits per heavy atom. The van der Waals surface area contributed by atoms with Gasteiger partial charge in [0.25, 0.3) is 5.91 Å². The minimum atomic E-state index is -0.526. The Balaban J connectivity index is 1.46. The van der Waals surface area contributed by atoms with Crippen molar-refractivity contribution in [1.82, 2.24) is 10.3 Å². The molecule has 1 aromatic heterocycles. The molecule has 0 aliphatic carbocycles. The van der Waals surface area contributed by atoms with Gasteiger partial charge < -0.3 is 15.4 Å². The Labute approximate surface area is 178 Å². The van der Waals surface area contributed by atoms with Crippen molar-refractivity contribution in [3.8, 4) is 5.75 Å².